The summed E-state index contributed by atoms with van der Waals surface area (Å²) in [4.78, 5) is 17.1. The van der Waals surface area contributed by atoms with Crippen LogP contribution in [0.25, 0.3) is 0 Å². The van der Waals surface area contributed by atoms with Gasteiger partial charge < -0.3 is 14.4 Å². The molecule has 0 radical (unpaired) electrons. The lowest BCUT2D eigenvalue weighted by atomic mass is 9.89. The second kappa shape index (κ2) is 7.12. The van der Waals surface area contributed by atoms with Crippen LogP contribution in [-0.4, -0.2) is 66.8 Å². The van der Waals surface area contributed by atoms with Crippen LogP contribution < -0.4 is 0 Å². The molecule has 1 spiro atoms. The molecule has 1 atom stereocenters. The lowest BCUT2D eigenvalue weighted by Gasteiger charge is -2.47. The predicted molar refractivity (Wildman–Crippen MR) is 93.1 cm³/mol. The molecule has 0 saturated carbocycles. The van der Waals surface area contributed by atoms with Crippen LogP contribution in [0.15, 0.2) is 16.8 Å². The number of rotatable bonds is 3. The van der Waals surface area contributed by atoms with Gasteiger partial charge in [-0.1, -0.05) is 0 Å². The van der Waals surface area contributed by atoms with E-state index in [-0.39, 0.29) is 17.6 Å². The Balaban J connectivity index is 1.33. The maximum Gasteiger partial charge on any atom is 0.251 e. The molecular weight excluding hydrogens is 324 g/mol. The van der Waals surface area contributed by atoms with E-state index in [4.69, 9.17) is 9.47 Å². The molecule has 3 saturated heterocycles. The Morgan fingerprint density at radius 3 is 2.88 bits per heavy atom. The number of hydrogen-bond donors (Lipinski definition) is 0. The summed E-state index contributed by atoms with van der Waals surface area (Å²) in [6, 6.07) is 2.20. The van der Waals surface area contributed by atoms with E-state index in [0.29, 0.717) is 13.2 Å². The first-order chi connectivity index (χ1) is 11.7. The van der Waals surface area contributed by atoms with Crippen LogP contribution in [0.2, 0.25) is 0 Å². The fourth-order valence-electron chi connectivity index (χ4n) is 4.07. The molecule has 4 heterocycles. The summed E-state index contributed by atoms with van der Waals surface area (Å²) in [5, 5.41) is 4.36. The van der Waals surface area contributed by atoms with Gasteiger partial charge in [-0.3, -0.25) is 9.69 Å². The molecule has 5 nitrogen and oxygen atoms in total. The number of nitrogens with zero attached hydrogens (tertiary/aromatic N) is 2. The minimum atomic E-state index is -0.209. The average Bonchev–Trinajstić information content (AvgIpc) is 3.30. The molecule has 0 N–H and O–H groups in total. The number of ether oxygens (including phenoxy) is 2. The first kappa shape index (κ1) is 16.5. The predicted octanol–water partition coefficient (Wildman–Crippen LogP) is 2.12. The van der Waals surface area contributed by atoms with E-state index in [9.17, 15) is 4.79 Å². The van der Waals surface area contributed by atoms with Gasteiger partial charge in [-0.05, 0) is 48.1 Å². The van der Waals surface area contributed by atoms with Gasteiger partial charge in [0.2, 0.25) is 0 Å². The Hall–Kier alpha value is -0.950. The molecule has 4 rings (SSSR count). The highest BCUT2D eigenvalue weighted by atomic mass is 32.1. The van der Waals surface area contributed by atoms with E-state index >= 15 is 0 Å². The second-order valence-electron chi connectivity index (χ2n) is 7.20. The van der Waals surface area contributed by atoms with Crippen molar-refractivity contribution in [3.63, 3.8) is 0 Å². The van der Waals surface area contributed by atoms with Crippen molar-refractivity contribution in [1.82, 2.24) is 9.80 Å². The van der Waals surface area contributed by atoms with Gasteiger partial charge in [0.1, 0.15) is 6.10 Å². The Morgan fingerprint density at radius 1 is 1.29 bits per heavy atom. The van der Waals surface area contributed by atoms with Gasteiger partial charge in [0, 0.05) is 39.3 Å². The van der Waals surface area contributed by atoms with Crippen LogP contribution in [0.4, 0.5) is 0 Å². The van der Waals surface area contributed by atoms with Crippen molar-refractivity contribution in [1.29, 1.82) is 0 Å². The van der Waals surface area contributed by atoms with Crippen molar-refractivity contribution in [2.45, 2.75) is 43.9 Å². The molecule has 3 fully saturated rings. The normalized spacial score (nSPS) is 27.7. The molecule has 1 amide bonds. The summed E-state index contributed by atoms with van der Waals surface area (Å²) in [6.45, 7) is 5.93. The van der Waals surface area contributed by atoms with Crippen LogP contribution in [0.5, 0.6) is 0 Å². The van der Waals surface area contributed by atoms with Gasteiger partial charge in [0.05, 0.1) is 12.2 Å². The highest BCUT2D eigenvalue weighted by molar-refractivity contribution is 7.07. The molecule has 3 aliphatic rings. The molecule has 0 unspecified atom stereocenters. The van der Waals surface area contributed by atoms with Crippen molar-refractivity contribution in [2.75, 3.05) is 39.4 Å². The van der Waals surface area contributed by atoms with Crippen LogP contribution in [0, 0.1) is 0 Å². The van der Waals surface area contributed by atoms with Crippen molar-refractivity contribution in [3.05, 3.63) is 22.4 Å². The van der Waals surface area contributed by atoms with E-state index in [1.165, 1.54) is 5.56 Å². The molecular formula is C18H26N2O3S. The Labute approximate surface area is 147 Å². The summed E-state index contributed by atoms with van der Waals surface area (Å²) in [5.74, 6) is 0.177. The molecule has 0 bridgehead atoms. The molecule has 1 aromatic rings. The highest BCUT2D eigenvalue weighted by Gasteiger charge is 2.42. The number of morpholine rings is 1. The standard InChI is InChI=1S/C18H26N2O3S/c21-17(16-2-1-9-22-16)20-8-10-23-18(14-20)4-6-19(7-5-18)12-15-3-11-24-13-15/h3,11,13,16H,1-2,4-10,12,14H2/t16-/m0/s1. The van der Waals surface area contributed by atoms with Crippen molar-refractivity contribution >= 4 is 17.2 Å². The fourth-order valence-corrected chi connectivity index (χ4v) is 4.73. The van der Waals surface area contributed by atoms with Crippen LogP contribution >= 0.6 is 11.3 Å². The monoisotopic (exact) mass is 350 g/mol. The molecule has 24 heavy (non-hydrogen) atoms. The van der Waals surface area contributed by atoms with E-state index < -0.39 is 0 Å². The minimum Gasteiger partial charge on any atom is -0.371 e. The maximum absolute atomic E-state index is 12.6. The molecule has 6 heteroatoms. The quantitative estimate of drug-likeness (QED) is 0.837. The highest BCUT2D eigenvalue weighted by Crippen LogP contribution is 2.31. The first-order valence-corrected chi connectivity index (χ1v) is 9.96. The summed E-state index contributed by atoms with van der Waals surface area (Å²) in [6.07, 6.45) is 3.68. The number of piperidine rings is 1. The number of hydrogen-bond acceptors (Lipinski definition) is 5. The van der Waals surface area contributed by atoms with Crippen molar-refractivity contribution in [3.8, 4) is 0 Å². The molecule has 1 aromatic heterocycles. The van der Waals surface area contributed by atoms with Gasteiger partial charge in [0.25, 0.3) is 5.91 Å². The molecule has 0 aliphatic carbocycles. The van der Waals surface area contributed by atoms with E-state index in [2.05, 4.69) is 21.7 Å². The van der Waals surface area contributed by atoms with Gasteiger partial charge in [-0.15, -0.1) is 0 Å². The van der Waals surface area contributed by atoms with E-state index in [1.807, 2.05) is 4.90 Å². The number of amides is 1. The number of carbonyl (C=O) groups is 1. The second-order valence-corrected chi connectivity index (χ2v) is 7.98. The topological polar surface area (TPSA) is 42.0 Å². The average molecular weight is 350 g/mol. The van der Waals surface area contributed by atoms with Gasteiger partial charge in [0.15, 0.2) is 0 Å². The Bertz CT molecular complexity index is 549. The third kappa shape index (κ3) is 3.52. The van der Waals surface area contributed by atoms with Crippen molar-refractivity contribution < 1.29 is 14.3 Å². The summed E-state index contributed by atoms with van der Waals surface area (Å²) >= 11 is 1.76. The third-order valence-electron chi connectivity index (χ3n) is 5.52. The lowest BCUT2D eigenvalue weighted by molar-refractivity contribution is -0.166. The van der Waals surface area contributed by atoms with Gasteiger partial charge in [-0.25, -0.2) is 0 Å². The Morgan fingerprint density at radius 2 is 2.17 bits per heavy atom. The smallest absolute Gasteiger partial charge is 0.251 e. The SMILES string of the molecule is O=C([C@@H]1CCCO1)N1CCOC2(CCN(Cc3ccsc3)CC2)C1. The van der Waals surface area contributed by atoms with Crippen LogP contribution in [-0.2, 0) is 20.8 Å². The summed E-state index contributed by atoms with van der Waals surface area (Å²) in [7, 11) is 0. The van der Waals surface area contributed by atoms with E-state index in [1.54, 1.807) is 11.3 Å². The van der Waals surface area contributed by atoms with Gasteiger partial charge in [-0.2, -0.15) is 11.3 Å². The molecule has 0 aromatic carbocycles. The first-order valence-electron chi connectivity index (χ1n) is 9.02. The fraction of sp³-hybridized carbons (Fsp3) is 0.722. The van der Waals surface area contributed by atoms with Gasteiger partial charge >= 0.3 is 0 Å². The van der Waals surface area contributed by atoms with Crippen LogP contribution in [0.3, 0.4) is 0 Å². The largest absolute Gasteiger partial charge is 0.371 e. The summed E-state index contributed by atoms with van der Waals surface area (Å²) in [5.41, 5.74) is 1.26. The van der Waals surface area contributed by atoms with E-state index in [0.717, 1.165) is 58.5 Å². The van der Waals surface area contributed by atoms with Crippen molar-refractivity contribution in [2.24, 2.45) is 0 Å². The molecule has 3 aliphatic heterocycles. The molecule has 132 valence electrons. The third-order valence-corrected chi connectivity index (χ3v) is 6.25. The summed E-state index contributed by atoms with van der Waals surface area (Å²) < 4.78 is 11.8. The lowest BCUT2D eigenvalue weighted by Crippen LogP contribution is -2.59. The number of carbonyl (C=O) groups excluding carboxylic acids is 1. The maximum atomic E-state index is 12.6. The zero-order valence-corrected chi connectivity index (χ0v) is 14.9. The minimum absolute atomic E-state index is 0.141. The zero-order chi connectivity index (χ0) is 16.4. The zero-order valence-electron chi connectivity index (χ0n) is 14.1. The number of likely N-dealkylation sites (tertiary alicyclic amines) is 1. The van der Waals surface area contributed by atoms with Crippen LogP contribution in [0.1, 0.15) is 31.2 Å². The Kier molecular flexibility index (Phi) is 4.90. The number of thiophene rings is 1.